The van der Waals surface area contributed by atoms with E-state index in [0.717, 1.165) is 6.20 Å². The molecule has 1 aromatic rings. The molecule has 13 heavy (non-hydrogen) atoms. The average Bonchev–Trinajstić information content (AvgIpc) is 2.27. The fourth-order valence-electron chi connectivity index (χ4n) is 0.634. The van der Waals surface area contributed by atoms with Crippen LogP contribution in [0.4, 0.5) is 0 Å². The van der Waals surface area contributed by atoms with Crippen LogP contribution in [-0.2, 0) is 20.4 Å². The first-order valence-electron chi connectivity index (χ1n) is 2.72. The topological polar surface area (TPSA) is 127 Å². The zero-order valence-electron chi connectivity index (χ0n) is 5.89. The highest BCUT2D eigenvalue weighted by molar-refractivity contribution is 7.88. The quantitative estimate of drug-likeness (QED) is 0.607. The smallest absolute Gasteiger partial charge is 0.279 e. The van der Waals surface area contributed by atoms with Gasteiger partial charge in [0.2, 0.25) is 0 Å². The Labute approximate surface area is 73.5 Å². The first kappa shape index (κ1) is 10.1. The molecule has 10 heteroatoms. The van der Waals surface area contributed by atoms with E-state index in [1.54, 1.807) is 0 Å². The van der Waals surface area contributed by atoms with Gasteiger partial charge >= 0.3 is 20.4 Å². The highest BCUT2D eigenvalue weighted by Crippen LogP contribution is 2.07. The van der Waals surface area contributed by atoms with Gasteiger partial charge in [-0.05, 0) is 0 Å². The molecular weight excluding hydrogens is 224 g/mol. The van der Waals surface area contributed by atoms with E-state index in [9.17, 15) is 16.8 Å². The van der Waals surface area contributed by atoms with Gasteiger partial charge in [-0.25, -0.2) is 4.98 Å². The van der Waals surface area contributed by atoms with Gasteiger partial charge in [-0.15, -0.1) is 0 Å². The number of aromatic nitrogens is 2. The normalized spacial score (nSPS) is 13.1. The molecule has 0 aromatic carbocycles. The molecule has 0 amide bonds. The molecule has 0 aliphatic heterocycles. The second-order valence-corrected chi connectivity index (χ2v) is 4.56. The maximum Gasteiger partial charge on any atom is 0.365 e. The monoisotopic (exact) mass is 228 g/mol. The van der Waals surface area contributed by atoms with Crippen molar-refractivity contribution in [2.24, 2.45) is 0 Å². The summed E-state index contributed by atoms with van der Waals surface area (Å²) in [5.41, 5.74) is 0. The Bertz CT molecular complexity index is 463. The Hall–Kier alpha value is -0.970. The standard InChI is InChI=1S/C3H4N2O6S2/c6-12(7,8)3-4-1-2-5(3)13(9,10)11/h1-2H,(H,6,7,8)(H,9,10,11). The van der Waals surface area contributed by atoms with Crippen LogP contribution < -0.4 is 0 Å². The number of hydrogen-bond acceptors (Lipinski definition) is 5. The summed E-state index contributed by atoms with van der Waals surface area (Å²) in [5, 5.41) is -1.16. The molecule has 1 aromatic heterocycles. The molecule has 0 aliphatic rings. The number of nitrogens with zero attached hydrogens (tertiary/aromatic N) is 2. The molecule has 0 fully saturated rings. The van der Waals surface area contributed by atoms with Gasteiger partial charge in [-0.2, -0.15) is 20.8 Å². The van der Waals surface area contributed by atoms with Crippen LogP contribution in [0.15, 0.2) is 17.6 Å². The summed E-state index contributed by atoms with van der Waals surface area (Å²) in [4.78, 5) is 3.04. The molecule has 0 spiro atoms. The molecule has 0 atom stereocenters. The Balaban J connectivity index is 3.54. The zero-order chi connectivity index (χ0) is 10.3. The Kier molecular flexibility index (Phi) is 2.15. The van der Waals surface area contributed by atoms with Crippen molar-refractivity contribution >= 4 is 20.4 Å². The average molecular weight is 228 g/mol. The number of imidazole rings is 1. The van der Waals surface area contributed by atoms with Crippen molar-refractivity contribution in [1.82, 2.24) is 8.96 Å². The van der Waals surface area contributed by atoms with Gasteiger partial charge in [0.05, 0.1) is 0 Å². The molecule has 1 rings (SSSR count). The van der Waals surface area contributed by atoms with Gasteiger partial charge in [0.1, 0.15) is 0 Å². The van der Waals surface area contributed by atoms with Crippen LogP contribution in [0.3, 0.4) is 0 Å². The predicted molar refractivity (Wildman–Crippen MR) is 39.0 cm³/mol. The molecule has 0 radical (unpaired) electrons. The lowest BCUT2D eigenvalue weighted by Gasteiger charge is -1.99. The first-order chi connectivity index (χ1) is 5.73. The fraction of sp³-hybridized carbons (Fsp3) is 0. The summed E-state index contributed by atoms with van der Waals surface area (Å²) in [5.74, 6) is 0. The maximum atomic E-state index is 10.5. The number of rotatable bonds is 2. The lowest BCUT2D eigenvalue weighted by atomic mass is 11.0. The van der Waals surface area contributed by atoms with Crippen LogP contribution in [0, 0.1) is 0 Å². The Morgan fingerprint density at radius 3 is 2.08 bits per heavy atom. The maximum absolute atomic E-state index is 10.5. The third-order valence-corrected chi connectivity index (χ3v) is 2.73. The van der Waals surface area contributed by atoms with Crippen molar-refractivity contribution in [3.8, 4) is 0 Å². The first-order valence-corrected chi connectivity index (χ1v) is 5.55. The second kappa shape index (κ2) is 2.77. The summed E-state index contributed by atoms with van der Waals surface area (Å²) in [6.07, 6.45) is 1.48. The molecule has 0 saturated carbocycles. The third-order valence-electron chi connectivity index (χ3n) is 1.05. The molecule has 0 bridgehead atoms. The van der Waals surface area contributed by atoms with Crippen LogP contribution in [0.5, 0.6) is 0 Å². The summed E-state index contributed by atoms with van der Waals surface area (Å²) in [6, 6.07) is 0. The Morgan fingerprint density at radius 2 is 1.77 bits per heavy atom. The van der Waals surface area contributed by atoms with E-state index in [2.05, 4.69) is 4.98 Å². The van der Waals surface area contributed by atoms with E-state index >= 15 is 0 Å². The second-order valence-electron chi connectivity index (χ2n) is 1.96. The predicted octanol–water partition coefficient (Wildman–Crippen LogP) is -1.22. The summed E-state index contributed by atoms with van der Waals surface area (Å²) in [7, 11) is -9.52. The van der Waals surface area contributed by atoms with Crippen molar-refractivity contribution in [2.45, 2.75) is 5.16 Å². The SMILES string of the molecule is O=S(=O)(O)c1nccn1S(=O)(=O)O. The Morgan fingerprint density at radius 1 is 1.23 bits per heavy atom. The van der Waals surface area contributed by atoms with E-state index in [4.69, 9.17) is 9.11 Å². The minimum Gasteiger partial charge on any atom is -0.279 e. The van der Waals surface area contributed by atoms with Gasteiger partial charge in [0.25, 0.3) is 5.16 Å². The van der Waals surface area contributed by atoms with E-state index in [1.807, 2.05) is 0 Å². The summed E-state index contributed by atoms with van der Waals surface area (Å²) >= 11 is 0. The third kappa shape index (κ3) is 2.03. The van der Waals surface area contributed by atoms with Crippen molar-refractivity contribution in [1.29, 1.82) is 0 Å². The van der Waals surface area contributed by atoms with Crippen molar-refractivity contribution in [3.63, 3.8) is 0 Å². The highest BCUT2D eigenvalue weighted by atomic mass is 32.2. The van der Waals surface area contributed by atoms with Crippen LogP contribution in [-0.4, -0.2) is 34.9 Å². The summed E-state index contributed by atoms with van der Waals surface area (Å²) in [6.45, 7) is 0. The van der Waals surface area contributed by atoms with E-state index < -0.39 is 25.6 Å². The molecule has 2 N–H and O–H groups in total. The molecule has 0 aliphatic carbocycles. The van der Waals surface area contributed by atoms with Crippen molar-refractivity contribution < 1.29 is 25.9 Å². The van der Waals surface area contributed by atoms with E-state index in [0.29, 0.717) is 6.20 Å². The van der Waals surface area contributed by atoms with Crippen molar-refractivity contribution in [2.75, 3.05) is 0 Å². The van der Waals surface area contributed by atoms with Crippen LogP contribution in [0.2, 0.25) is 0 Å². The van der Waals surface area contributed by atoms with E-state index in [1.165, 1.54) is 0 Å². The van der Waals surface area contributed by atoms with Gasteiger partial charge in [-0.1, -0.05) is 0 Å². The van der Waals surface area contributed by atoms with Crippen LogP contribution in [0.25, 0.3) is 0 Å². The molecule has 1 heterocycles. The minimum atomic E-state index is -4.76. The van der Waals surface area contributed by atoms with Gasteiger partial charge in [0.15, 0.2) is 0 Å². The minimum absolute atomic E-state index is 0.0671. The van der Waals surface area contributed by atoms with E-state index in [-0.39, 0.29) is 3.97 Å². The fourth-order valence-corrected chi connectivity index (χ4v) is 2.13. The highest BCUT2D eigenvalue weighted by Gasteiger charge is 2.23. The largest absolute Gasteiger partial charge is 0.365 e. The zero-order valence-corrected chi connectivity index (χ0v) is 7.53. The molecule has 0 saturated heterocycles. The molecule has 8 nitrogen and oxygen atoms in total. The van der Waals surface area contributed by atoms with Gasteiger partial charge in [0, 0.05) is 12.4 Å². The van der Waals surface area contributed by atoms with Crippen LogP contribution >= 0.6 is 0 Å². The molecule has 74 valence electrons. The van der Waals surface area contributed by atoms with Crippen LogP contribution in [0.1, 0.15) is 0 Å². The molecular formula is C3H4N2O6S2. The summed E-state index contributed by atoms with van der Waals surface area (Å²) < 4.78 is 58.7. The van der Waals surface area contributed by atoms with Gasteiger partial charge in [-0.3, -0.25) is 9.11 Å². The number of hydrogen-bond donors (Lipinski definition) is 2. The lowest BCUT2D eigenvalue weighted by molar-refractivity contribution is 0.450. The lowest BCUT2D eigenvalue weighted by Crippen LogP contribution is -2.16. The molecule has 0 unspecified atom stereocenters. The van der Waals surface area contributed by atoms with Crippen molar-refractivity contribution in [3.05, 3.63) is 12.4 Å². The van der Waals surface area contributed by atoms with Gasteiger partial charge < -0.3 is 0 Å².